The molecular formula is C23H26BrN3O8. The first-order chi connectivity index (χ1) is 16.6. The number of hydrogen-bond donors (Lipinski definition) is 1. The quantitative estimate of drug-likeness (QED) is 0.386. The standard InChI is InChI=1S/C23H26BrN3O8/c1-5-14-10-27(22-19(34-13(3)29)18(24)17(35-22)11-33-12(2)28)23(31)26-20(14)25-21(30)15-6-8-16(32-4)9-7-15/h6-10,17-19,22H,5,11H2,1-4H3,(H,25,26,30,31)/t17-,18+,19-,22-/m1/s1. The second-order valence-electron chi connectivity index (χ2n) is 7.73. The number of ether oxygens (including phenoxy) is 4. The molecule has 0 unspecified atom stereocenters. The van der Waals surface area contributed by atoms with Gasteiger partial charge < -0.3 is 24.3 Å². The number of anilines is 1. The highest BCUT2D eigenvalue weighted by molar-refractivity contribution is 9.09. The first-order valence-corrected chi connectivity index (χ1v) is 11.7. The summed E-state index contributed by atoms with van der Waals surface area (Å²) < 4.78 is 22.7. The average molecular weight is 552 g/mol. The molecule has 0 bridgehead atoms. The zero-order chi connectivity index (χ0) is 25.7. The van der Waals surface area contributed by atoms with Crippen LogP contribution >= 0.6 is 15.9 Å². The van der Waals surface area contributed by atoms with Crippen LogP contribution in [0.4, 0.5) is 5.82 Å². The van der Waals surface area contributed by atoms with Crippen LogP contribution in [0, 0.1) is 0 Å². The zero-order valence-electron chi connectivity index (χ0n) is 19.6. The van der Waals surface area contributed by atoms with E-state index in [4.69, 9.17) is 18.9 Å². The molecule has 188 valence electrons. The van der Waals surface area contributed by atoms with Crippen LogP contribution in [0.5, 0.6) is 5.75 Å². The molecule has 35 heavy (non-hydrogen) atoms. The second-order valence-corrected chi connectivity index (χ2v) is 8.78. The predicted octanol–water partition coefficient (Wildman–Crippen LogP) is 2.22. The van der Waals surface area contributed by atoms with E-state index in [1.807, 2.05) is 6.92 Å². The highest BCUT2D eigenvalue weighted by Gasteiger charge is 2.47. The fourth-order valence-electron chi connectivity index (χ4n) is 3.55. The summed E-state index contributed by atoms with van der Waals surface area (Å²) in [5, 5.41) is 2.67. The third-order valence-corrected chi connectivity index (χ3v) is 6.39. The lowest BCUT2D eigenvalue weighted by Crippen LogP contribution is -2.37. The number of nitrogens with zero attached hydrogens (tertiary/aromatic N) is 2. The smallest absolute Gasteiger partial charge is 0.351 e. The van der Waals surface area contributed by atoms with Crippen LogP contribution in [0.2, 0.25) is 0 Å². The van der Waals surface area contributed by atoms with Crippen molar-refractivity contribution in [1.29, 1.82) is 0 Å². The number of rotatable bonds is 8. The van der Waals surface area contributed by atoms with E-state index in [1.165, 1.54) is 31.7 Å². The Kier molecular flexibility index (Phi) is 8.62. The molecule has 1 N–H and O–H groups in total. The number of carbonyl (C=O) groups is 3. The van der Waals surface area contributed by atoms with Crippen molar-refractivity contribution in [3.05, 3.63) is 52.1 Å². The number of hydrogen-bond acceptors (Lipinski definition) is 9. The third-order valence-electron chi connectivity index (χ3n) is 5.28. The van der Waals surface area contributed by atoms with Gasteiger partial charge >= 0.3 is 17.6 Å². The maximum Gasteiger partial charge on any atom is 0.351 e. The van der Waals surface area contributed by atoms with Crippen LogP contribution in [-0.2, 0) is 30.2 Å². The van der Waals surface area contributed by atoms with E-state index in [0.29, 0.717) is 23.3 Å². The Hall–Kier alpha value is -3.25. The summed E-state index contributed by atoms with van der Waals surface area (Å²) in [4.78, 5) is 52.1. The summed E-state index contributed by atoms with van der Waals surface area (Å²) in [5.74, 6) is -0.786. The molecule has 1 aromatic heterocycles. The summed E-state index contributed by atoms with van der Waals surface area (Å²) >= 11 is 3.44. The fraction of sp³-hybridized carbons (Fsp3) is 0.435. The Morgan fingerprint density at radius 2 is 1.86 bits per heavy atom. The Balaban J connectivity index is 1.89. The van der Waals surface area contributed by atoms with Gasteiger partial charge in [0, 0.05) is 31.2 Å². The molecule has 11 nitrogen and oxygen atoms in total. The summed E-state index contributed by atoms with van der Waals surface area (Å²) in [7, 11) is 1.53. The van der Waals surface area contributed by atoms with Crippen molar-refractivity contribution in [3.8, 4) is 5.75 Å². The summed E-state index contributed by atoms with van der Waals surface area (Å²) in [6.45, 7) is 4.25. The topological polar surface area (TPSA) is 135 Å². The molecule has 1 amide bonds. The minimum Gasteiger partial charge on any atom is -0.497 e. The molecule has 1 aliphatic heterocycles. The Morgan fingerprint density at radius 1 is 1.17 bits per heavy atom. The molecule has 0 aliphatic carbocycles. The van der Waals surface area contributed by atoms with Crippen LogP contribution in [0.1, 0.15) is 42.9 Å². The van der Waals surface area contributed by atoms with E-state index in [0.717, 1.165) is 0 Å². The van der Waals surface area contributed by atoms with Crippen LogP contribution < -0.4 is 15.7 Å². The average Bonchev–Trinajstić information content (AvgIpc) is 3.12. The van der Waals surface area contributed by atoms with Crippen molar-refractivity contribution >= 4 is 39.6 Å². The van der Waals surface area contributed by atoms with Gasteiger partial charge in [0.2, 0.25) is 0 Å². The van der Waals surface area contributed by atoms with Gasteiger partial charge in [-0.1, -0.05) is 22.9 Å². The molecule has 0 saturated carbocycles. The van der Waals surface area contributed by atoms with Gasteiger partial charge in [0.05, 0.1) is 11.9 Å². The predicted molar refractivity (Wildman–Crippen MR) is 128 cm³/mol. The van der Waals surface area contributed by atoms with Crippen LogP contribution in [0.3, 0.4) is 0 Å². The lowest BCUT2D eigenvalue weighted by Gasteiger charge is -2.22. The van der Waals surface area contributed by atoms with Crippen molar-refractivity contribution in [2.24, 2.45) is 0 Å². The largest absolute Gasteiger partial charge is 0.497 e. The number of amides is 1. The summed E-state index contributed by atoms with van der Waals surface area (Å²) in [5.41, 5.74) is 0.205. The molecular weight excluding hydrogens is 526 g/mol. The van der Waals surface area contributed by atoms with E-state index < -0.39 is 46.8 Å². The summed E-state index contributed by atoms with van der Waals surface area (Å²) in [6, 6.07) is 6.49. The van der Waals surface area contributed by atoms with Crippen molar-refractivity contribution < 1.29 is 33.3 Å². The van der Waals surface area contributed by atoms with Gasteiger partial charge in [-0.3, -0.25) is 19.0 Å². The van der Waals surface area contributed by atoms with Gasteiger partial charge in [-0.2, -0.15) is 4.98 Å². The monoisotopic (exact) mass is 551 g/mol. The molecule has 1 saturated heterocycles. The number of nitrogens with one attached hydrogen (secondary N) is 1. The van der Waals surface area contributed by atoms with E-state index in [-0.39, 0.29) is 12.4 Å². The van der Waals surface area contributed by atoms with Crippen LogP contribution in [0.15, 0.2) is 35.3 Å². The minimum absolute atomic E-state index is 0.0989. The number of aryl methyl sites for hydroxylation is 1. The first-order valence-electron chi connectivity index (χ1n) is 10.8. The lowest BCUT2D eigenvalue weighted by molar-refractivity contribution is -0.153. The lowest BCUT2D eigenvalue weighted by atomic mass is 10.1. The molecule has 1 aromatic carbocycles. The number of alkyl halides is 1. The van der Waals surface area contributed by atoms with Crippen LogP contribution in [-0.4, -0.2) is 58.1 Å². The molecule has 2 aromatic rings. The number of benzene rings is 1. The summed E-state index contributed by atoms with van der Waals surface area (Å²) in [6.07, 6.45) is -0.656. The number of aromatic nitrogens is 2. The molecule has 0 radical (unpaired) electrons. The number of esters is 2. The van der Waals surface area contributed by atoms with Gasteiger partial charge in [-0.15, -0.1) is 0 Å². The number of halogens is 1. The molecule has 3 rings (SSSR count). The number of methoxy groups -OCH3 is 1. The van der Waals surface area contributed by atoms with Gasteiger partial charge in [0.1, 0.15) is 24.3 Å². The molecule has 1 aliphatic rings. The normalized spacial score (nSPS) is 21.3. The van der Waals surface area contributed by atoms with Crippen molar-refractivity contribution in [3.63, 3.8) is 0 Å². The Labute approximate surface area is 209 Å². The van der Waals surface area contributed by atoms with E-state index in [9.17, 15) is 19.2 Å². The zero-order valence-corrected chi connectivity index (χ0v) is 21.2. The van der Waals surface area contributed by atoms with Crippen molar-refractivity contribution in [1.82, 2.24) is 9.55 Å². The van der Waals surface area contributed by atoms with Gasteiger partial charge in [-0.25, -0.2) is 4.79 Å². The third kappa shape index (κ3) is 6.25. The Morgan fingerprint density at radius 3 is 2.43 bits per heavy atom. The number of carbonyl (C=O) groups excluding carboxylic acids is 3. The molecule has 0 spiro atoms. The molecule has 1 fully saturated rings. The van der Waals surface area contributed by atoms with Crippen molar-refractivity contribution in [2.45, 2.75) is 50.5 Å². The highest BCUT2D eigenvalue weighted by Crippen LogP contribution is 2.36. The van der Waals surface area contributed by atoms with E-state index >= 15 is 0 Å². The second kappa shape index (κ2) is 11.5. The fourth-order valence-corrected chi connectivity index (χ4v) is 4.20. The highest BCUT2D eigenvalue weighted by atomic mass is 79.9. The van der Waals surface area contributed by atoms with Gasteiger partial charge in [0.15, 0.2) is 12.3 Å². The van der Waals surface area contributed by atoms with Gasteiger partial charge in [0.25, 0.3) is 5.91 Å². The van der Waals surface area contributed by atoms with Gasteiger partial charge in [-0.05, 0) is 30.7 Å². The first kappa shape index (κ1) is 26.4. The van der Waals surface area contributed by atoms with Crippen molar-refractivity contribution in [2.75, 3.05) is 19.0 Å². The Bertz CT molecular complexity index is 1150. The maximum absolute atomic E-state index is 13.0. The molecule has 12 heteroatoms. The maximum atomic E-state index is 13.0. The molecule has 4 atom stereocenters. The molecule has 2 heterocycles. The SMILES string of the molecule is CCc1cn([C@@H]2O[C@H](COC(C)=O)[C@H](Br)[C@H]2OC(C)=O)c(=O)nc1NC(=O)c1ccc(OC)cc1. The van der Waals surface area contributed by atoms with Crippen LogP contribution in [0.25, 0.3) is 0 Å². The minimum atomic E-state index is -1.03. The van der Waals surface area contributed by atoms with E-state index in [1.54, 1.807) is 24.3 Å². The van der Waals surface area contributed by atoms with E-state index in [2.05, 4.69) is 26.2 Å².